The van der Waals surface area contributed by atoms with E-state index in [2.05, 4.69) is 0 Å². The Morgan fingerprint density at radius 2 is 1.81 bits per heavy atom. The lowest BCUT2D eigenvalue weighted by Gasteiger charge is -2.25. The first-order valence-electron chi connectivity index (χ1n) is 6.94. The van der Waals surface area contributed by atoms with Crippen LogP contribution in [0.5, 0.6) is 5.75 Å². The molecular weight excluding hydrogens is 286 g/mol. The first-order chi connectivity index (χ1) is 9.97. The van der Waals surface area contributed by atoms with E-state index in [9.17, 15) is 10.2 Å². The first kappa shape index (κ1) is 15.8. The third-order valence-corrected chi connectivity index (χ3v) is 3.94. The van der Waals surface area contributed by atoms with Gasteiger partial charge in [-0.1, -0.05) is 42.8 Å². The van der Waals surface area contributed by atoms with Crippen molar-refractivity contribution in [1.29, 1.82) is 0 Å². The number of benzene rings is 2. The summed E-state index contributed by atoms with van der Waals surface area (Å²) in [5.74, 6) is 0.332. The molecule has 3 atom stereocenters. The minimum absolute atomic E-state index is 0.0866. The monoisotopic (exact) mass is 305 g/mol. The molecule has 2 rings (SSSR count). The zero-order chi connectivity index (χ0) is 15.4. The van der Waals surface area contributed by atoms with Crippen LogP contribution in [0.3, 0.4) is 0 Å². The fourth-order valence-corrected chi connectivity index (χ4v) is 2.56. The number of aliphatic hydroxyl groups excluding tert-OH is 1. The summed E-state index contributed by atoms with van der Waals surface area (Å²) in [6.07, 6.45) is -0.0187. The Bertz CT molecular complexity index is 586. The largest absolute Gasteiger partial charge is 0.508 e. The van der Waals surface area contributed by atoms with Crippen LogP contribution in [0.2, 0.25) is 5.02 Å². The molecule has 0 aromatic heterocycles. The summed E-state index contributed by atoms with van der Waals surface area (Å²) in [7, 11) is 0. The average Bonchev–Trinajstić information content (AvgIpc) is 2.48. The van der Waals surface area contributed by atoms with E-state index < -0.39 is 12.1 Å². The lowest BCUT2D eigenvalue weighted by molar-refractivity contribution is 0.121. The van der Waals surface area contributed by atoms with E-state index in [1.54, 1.807) is 30.3 Å². The molecule has 0 amide bonds. The number of rotatable bonds is 5. The van der Waals surface area contributed by atoms with Crippen LogP contribution in [0.1, 0.15) is 24.2 Å². The van der Waals surface area contributed by atoms with Gasteiger partial charge in [0.25, 0.3) is 0 Å². The fourth-order valence-electron chi connectivity index (χ4n) is 2.36. The molecule has 21 heavy (non-hydrogen) atoms. The number of nitrogens with two attached hydrogens (primary N) is 1. The average molecular weight is 306 g/mol. The Morgan fingerprint density at radius 1 is 1.14 bits per heavy atom. The molecule has 0 bridgehead atoms. The van der Waals surface area contributed by atoms with Crippen LogP contribution in [0, 0.1) is 5.92 Å². The van der Waals surface area contributed by atoms with Gasteiger partial charge in [0.15, 0.2) is 0 Å². The lowest BCUT2D eigenvalue weighted by atomic mass is 9.88. The molecule has 0 spiro atoms. The Kier molecular flexibility index (Phi) is 5.23. The van der Waals surface area contributed by atoms with Gasteiger partial charge in [-0.15, -0.1) is 0 Å². The molecule has 112 valence electrons. The molecule has 0 fully saturated rings. The topological polar surface area (TPSA) is 66.5 Å². The molecule has 0 saturated heterocycles. The van der Waals surface area contributed by atoms with Crippen molar-refractivity contribution < 1.29 is 10.2 Å². The highest BCUT2D eigenvalue weighted by atomic mass is 35.5. The summed E-state index contributed by atoms with van der Waals surface area (Å²) in [5.41, 5.74) is 7.99. The highest BCUT2D eigenvalue weighted by Crippen LogP contribution is 2.25. The Labute approximate surface area is 130 Å². The number of halogens is 1. The number of aliphatic hydroxyl groups is 1. The van der Waals surface area contributed by atoms with Crippen molar-refractivity contribution in [3.8, 4) is 5.75 Å². The second-order valence-electron chi connectivity index (χ2n) is 5.43. The molecule has 0 saturated carbocycles. The van der Waals surface area contributed by atoms with E-state index >= 15 is 0 Å². The Hall–Kier alpha value is -1.55. The summed E-state index contributed by atoms with van der Waals surface area (Å²) in [5, 5.41) is 20.3. The summed E-state index contributed by atoms with van der Waals surface area (Å²) < 4.78 is 0. The maximum absolute atomic E-state index is 10.4. The first-order valence-corrected chi connectivity index (χ1v) is 7.32. The van der Waals surface area contributed by atoms with Gasteiger partial charge in [0.05, 0.1) is 6.10 Å². The van der Waals surface area contributed by atoms with Gasteiger partial charge in [-0.25, -0.2) is 0 Å². The SMILES string of the molecule is CC(Cc1ccc(O)cc1)C(N)C(O)c1cccc(Cl)c1. The molecule has 0 radical (unpaired) electrons. The van der Waals surface area contributed by atoms with E-state index in [1.807, 2.05) is 25.1 Å². The summed E-state index contributed by atoms with van der Waals surface area (Å²) in [4.78, 5) is 0. The van der Waals surface area contributed by atoms with Gasteiger partial charge < -0.3 is 15.9 Å². The Balaban J connectivity index is 2.04. The molecule has 0 aliphatic heterocycles. The van der Waals surface area contributed by atoms with Gasteiger partial charge in [-0.2, -0.15) is 0 Å². The Morgan fingerprint density at radius 3 is 2.43 bits per heavy atom. The second kappa shape index (κ2) is 6.94. The van der Waals surface area contributed by atoms with Crippen LogP contribution in [-0.4, -0.2) is 16.3 Å². The molecule has 0 aliphatic rings. The van der Waals surface area contributed by atoms with Crippen molar-refractivity contribution in [2.75, 3.05) is 0 Å². The van der Waals surface area contributed by atoms with E-state index in [-0.39, 0.29) is 11.7 Å². The maximum atomic E-state index is 10.4. The number of hydrogen-bond acceptors (Lipinski definition) is 3. The van der Waals surface area contributed by atoms with Gasteiger partial charge in [0, 0.05) is 11.1 Å². The van der Waals surface area contributed by atoms with Crippen molar-refractivity contribution in [2.45, 2.75) is 25.5 Å². The van der Waals surface area contributed by atoms with E-state index in [4.69, 9.17) is 17.3 Å². The molecule has 0 heterocycles. The maximum Gasteiger partial charge on any atom is 0.115 e. The minimum Gasteiger partial charge on any atom is -0.508 e. The second-order valence-corrected chi connectivity index (χ2v) is 5.86. The smallest absolute Gasteiger partial charge is 0.115 e. The molecule has 4 heteroatoms. The van der Waals surface area contributed by atoms with Crippen LogP contribution in [0.25, 0.3) is 0 Å². The van der Waals surface area contributed by atoms with Gasteiger partial charge in [-0.3, -0.25) is 0 Å². The molecule has 2 aromatic rings. The molecule has 2 aromatic carbocycles. The van der Waals surface area contributed by atoms with Crippen LogP contribution in [-0.2, 0) is 6.42 Å². The number of hydrogen-bond donors (Lipinski definition) is 3. The number of aromatic hydroxyl groups is 1. The molecule has 0 aliphatic carbocycles. The number of phenolic OH excluding ortho intramolecular Hbond substituents is 1. The van der Waals surface area contributed by atoms with Gasteiger partial charge in [0.1, 0.15) is 5.75 Å². The summed E-state index contributed by atoms with van der Waals surface area (Å²) >= 11 is 5.94. The van der Waals surface area contributed by atoms with Gasteiger partial charge >= 0.3 is 0 Å². The summed E-state index contributed by atoms with van der Waals surface area (Å²) in [6.45, 7) is 2.01. The van der Waals surface area contributed by atoms with E-state index in [1.165, 1.54) is 0 Å². The minimum atomic E-state index is -0.754. The fraction of sp³-hybridized carbons (Fsp3) is 0.294. The van der Waals surface area contributed by atoms with Crippen molar-refractivity contribution in [3.63, 3.8) is 0 Å². The van der Waals surface area contributed by atoms with E-state index in [0.717, 1.165) is 17.5 Å². The van der Waals surface area contributed by atoms with Crippen molar-refractivity contribution in [1.82, 2.24) is 0 Å². The third kappa shape index (κ3) is 4.21. The number of phenols is 1. The highest BCUT2D eigenvalue weighted by Gasteiger charge is 2.23. The molecular formula is C17H20ClNO2. The van der Waals surface area contributed by atoms with Crippen LogP contribution in [0.4, 0.5) is 0 Å². The zero-order valence-electron chi connectivity index (χ0n) is 11.9. The molecule has 3 unspecified atom stereocenters. The van der Waals surface area contributed by atoms with E-state index in [0.29, 0.717) is 5.02 Å². The van der Waals surface area contributed by atoms with Gasteiger partial charge in [0.2, 0.25) is 0 Å². The highest BCUT2D eigenvalue weighted by molar-refractivity contribution is 6.30. The van der Waals surface area contributed by atoms with Crippen LogP contribution < -0.4 is 5.73 Å². The predicted octanol–water partition coefficient (Wildman–Crippen LogP) is 3.29. The third-order valence-electron chi connectivity index (χ3n) is 3.71. The predicted molar refractivity (Wildman–Crippen MR) is 85.4 cm³/mol. The molecule has 4 N–H and O–H groups in total. The summed E-state index contributed by atoms with van der Waals surface area (Å²) in [6, 6.07) is 13.8. The van der Waals surface area contributed by atoms with Crippen LogP contribution >= 0.6 is 11.6 Å². The van der Waals surface area contributed by atoms with Crippen molar-refractivity contribution in [3.05, 3.63) is 64.7 Å². The molecule has 3 nitrogen and oxygen atoms in total. The standard InChI is InChI=1S/C17H20ClNO2/c1-11(9-12-5-7-15(20)8-6-12)16(19)17(21)13-3-2-4-14(18)10-13/h2-8,10-11,16-17,20-21H,9,19H2,1H3. The van der Waals surface area contributed by atoms with Crippen molar-refractivity contribution in [2.24, 2.45) is 11.7 Å². The normalized spacial score (nSPS) is 15.4. The van der Waals surface area contributed by atoms with Crippen molar-refractivity contribution >= 4 is 11.6 Å². The zero-order valence-corrected chi connectivity index (χ0v) is 12.7. The van der Waals surface area contributed by atoms with Crippen LogP contribution in [0.15, 0.2) is 48.5 Å². The quantitative estimate of drug-likeness (QED) is 0.794. The lowest BCUT2D eigenvalue weighted by Crippen LogP contribution is -2.36. The van der Waals surface area contributed by atoms with Gasteiger partial charge in [-0.05, 0) is 47.7 Å².